The zero-order valence-electron chi connectivity index (χ0n) is 44.5. The van der Waals surface area contributed by atoms with Gasteiger partial charge in [0.1, 0.15) is 29.9 Å². The third kappa shape index (κ3) is 12.4. The summed E-state index contributed by atoms with van der Waals surface area (Å²) in [6, 6.07) is 16.1. The molecule has 0 spiro atoms. The Morgan fingerprint density at radius 2 is 1.78 bits per heavy atom. The van der Waals surface area contributed by atoms with Crippen molar-refractivity contribution in [1.82, 2.24) is 35.1 Å². The van der Waals surface area contributed by atoms with E-state index in [1.165, 1.54) is 6.92 Å². The minimum atomic E-state index is -1.27. The van der Waals surface area contributed by atoms with Crippen LogP contribution in [0, 0.1) is 17.8 Å². The molecule has 0 saturated carbocycles. The second-order valence-corrected chi connectivity index (χ2v) is 21.0. The summed E-state index contributed by atoms with van der Waals surface area (Å²) in [4.78, 5) is 51.1. The summed E-state index contributed by atoms with van der Waals surface area (Å²) < 4.78 is 40.4. The highest BCUT2D eigenvalue weighted by Gasteiger charge is 2.59. The molecule has 3 fully saturated rings. The number of aromatic nitrogens is 4. The molecule has 2 aromatic heterocycles. The monoisotopic (exact) mass is 1010 g/mol. The topological polar surface area (TPSA) is 215 Å². The molecule has 2 unspecified atom stereocenters. The van der Waals surface area contributed by atoms with Crippen molar-refractivity contribution in [1.29, 1.82) is 0 Å². The number of pyridine rings is 1. The lowest BCUT2D eigenvalue weighted by molar-refractivity contribution is -0.316. The van der Waals surface area contributed by atoms with E-state index in [9.17, 15) is 19.5 Å². The number of esters is 1. The van der Waals surface area contributed by atoms with Gasteiger partial charge in [-0.1, -0.05) is 68.5 Å². The predicted octanol–water partition coefficient (Wildman–Crippen LogP) is 6.79. The number of anilines is 1. The van der Waals surface area contributed by atoms with Gasteiger partial charge in [0.15, 0.2) is 17.7 Å². The van der Waals surface area contributed by atoms with Gasteiger partial charge in [-0.15, -0.1) is 5.10 Å². The number of methoxy groups -OCH3 is 1. The first-order chi connectivity index (χ1) is 34.8. The smallest absolute Gasteiger partial charge is 0.410 e. The second-order valence-electron chi connectivity index (χ2n) is 21.0. The van der Waals surface area contributed by atoms with Crippen LogP contribution in [0.25, 0.3) is 28.2 Å². The summed E-state index contributed by atoms with van der Waals surface area (Å²) in [6.07, 6.45) is 3.75. The lowest BCUT2D eigenvalue weighted by Crippen LogP contribution is -2.65. The zero-order valence-corrected chi connectivity index (χ0v) is 44.5. The van der Waals surface area contributed by atoms with E-state index < -0.39 is 89.8 Å². The van der Waals surface area contributed by atoms with Crippen LogP contribution in [0.2, 0.25) is 0 Å². The number of benzene rings is 2. The van der Waals surface area contributed by atoms with Gasteiger partial charge in [-0.25, -0.2) is 4.79 Å². The van der Waals surface area contributed by atoms with Gasteiger partial charge in [0.05, 0.1) is 48.2 Å². The van der Waals surface area contributed by atoms with Crippen LogP contribution in [-0.4, -0.2) is 160 Å². The Kier molecular flexibility index (Phi) is 18.1. The lowest BCUT2D eigenvalue weighted by atomic mass is 9.78. The van der Waals surface area contributed by atoms with Crippen molar-refractivity contribution in [2.24, 2.45) is 17.8 Å². The lowest BCUT2D eigenvalue weighted by Gasteiger charge is -2.49. The van der Waals surface area contributed by atoms with Crippen LogP contribution in [0.3, 0.4) is 0 Å². The van der Waals surface area contributed by atoms with Crippen molar-refractivity contribution < 1.29 is 49.3 Å². The maximum atomic E-state index is 14.7. The van der Waals surface area contributed by atoms with Crippen LogP contribution in [0.1, 0.15) is 88.1 Å². The number of rotatable bonds is 15. The summed E-state index contributed by atoms with van der Waals surface area (Å²) in [5, 5.41) is 25.5. The Hall–Kier alpha value is -5.34. The molecule has 4 N–H and O–H groups in total. The highest BCUT2D eigenvalue weighted by Crippen LogP contribution is 2.40. The Labute approximate surface area is 431 Å². The Morgan fingerprint density at radius 1 is 1.03 bits per heavy atom. The zero-order chi connectivity index (χ0) is 52.8. The highest BCUT2D eigenvalue weighted by atomic mass is 16.7. The number of unbranched alkanes of at least 4 members (excludes halogenated alkanes) is 1. The van der Waals surface area contributed by atoms with Crippen LogP contribution >= 0.6 is 0 Å². The molecule has 2 aromatic carbocycles. The van der Waals surface area contributed by atoms with Crippen molar-refractivity contribution in [3.63, 3.8) is 0 Å². The number of aliphatic hydroxyl groups excluding tert-OH is 1. The molecule has 7 rings (SSSR count). The average Bonchev–Trinajstić information content (AvgIpc) is 3.95. The van der Waals surface area contributed by atoms with Crippen LogP contribution in [0.4, 0.5) is 10.5 Å². The number of likely N-dealkylation sites (N-methyl/N-ethyl adjacent to an activating group) is 1. The number of hydrogen-bond acceptors (Lipinski definition) is 16. The van der Waals surface area contributed by atoms with Gasteiger partial charge in [-0.2, -0.15) is 0 Å². The molecule has 0 radical (unpaired) electrons. The largest absolute Gasteiger partial charge is 0.458 e. The van der Waals surface area contributed by atoms with Gasteiger partial charge in [-0.3, -0.25) is 24.2 Å². The maximum Gasteiger partial charge on any atom is 0.410 e. The predicted molar refractivity (Wildman–Crippen MR) is 280 cm³/mol. The Bertz CT molecular complexity index is 2550. The van der Waals surface area contributed by atoms with E-state index in [0.29, 0.717) is 51.0 Å². The minimum absolute atomic E-state index is 0. The SMILES string of the molecule is CC[C@H]1OC(=O)[C@H](C)C(=O)[C@H](C)[C@@H](O[C@@H]2O[C@H](C)[C@@H](OC/C=C/c3cnc4ccccc4c3)C(N(C)C)C2O)[C@](C)(OC)C[C@@H](C)CN[C@H](C)[C@H]2N(CCCCn3cc(-c4cccc(N)c4)nn3)C(=O)O[C@]12C.[HH]. The van der Waals surface area contributed by atoms with Crippen molar-refractivity contribution in [2.75, 3.05) is 46.6 Å². The van der Waals surface area contributed by atoms with Crippen molar-refractivity contribution in [2.45, 2.75) is 154 Å². The van der Waals surface area contributed by atoms with Crippen LogP contribution in [0.5, 0.6) is 0 Å². The third-order valence-electron chi connectivity index (χ3n) is 15.2. The number of aryl methyl sites for hydroxylation is 1. The molecule has 3 saturated heterocycles. The first-order valence-corrected chi connectivity index (χ1v) is 25.8. The average molecular weight is 1010 g/mol. The number of amides is 1. The minimum Gasteiger partial charge on any atom is -0.458 e. The molecule has 1 amide bonds. The van der Waals surface area contributed by atoms with Crippen molar-refractivity contribution >= 4 is 40.5 Å². The number of cyclic esters (lactones) is 1. The molecule has 0 aliphatic carbocycles. The molecule has 18 nitrogen and oxygen atoms in total. The van der Waals surface area contributed by atoms with E-state index in [1.54, 1.807) is 23.6 Å². The van der Waals surface area contributed by atoms with Crippen LogP contribution in [0.15, 0.2) is 73.1 Å². The molecule has 3 aliphatic heterocycles. The van der Waals surface area contributed by atoms with E-state index in [0.717, 1.165) is 27.7 Å². The number of nitrogens with one attached hydrogen (secondary N) is 1. The van der Waals surface area contributed by atoms with Gasteiger partial charge >= 0.3 is 12.1 Å². The number of ether oxygens (including phenoxy) is 6. The third-order valence-corrected chi connectivity index (χ3v) is 15.2. The number of Topliss-reactive ketones (excluding diaryl/α,β-unsaturated/α-hetero) is 1. The van der Waals surface area contributed by atoms with Crippen molar-refractivity contribution in [3.8, 4) is 11.3 Å². The number of carbonyl (C=O) groups is 3. The van der Waals surface area contributed by atoms with Gasteiger partial charge in [-0.05, 0) is 117 Å². The molecule has 18 heteroatoms. The number of fused-ring (bicyclic) bond motifs is 2. The maximum absolute atomic E-state index is 14.7. The summed E-state index contributed by atoms with van der Waals surface area (Å²) in [7, 11) is 5.31. The normalized spacial score (nSPS) is 32.9. The van der Waals surface area contributed by atoms with Crippen molar-refractivity contribution in [3.05, 3.63) is 78.6 Å². The highest BCUT2D eigenvalue weighted by molar-refractivity contribution is 6.00. The molecule has 14 atom stereocenters. The Morgan fingerprint density at radius 3 is 2.51 bits per heavy atom. The van der Waals surface area contributed by atoms with Crippen LogP contribution < -0.4 is 11.1 Å². The van der Waals surface area contributed by atoms with E-state index in [1.807, 2.05) is 127 Å². The van der Waals surface area contributed by atoms with E-state index in [4.69, 9.17) is 34.2 Å². The molecule has 4 aromatic rings. The van der Waals surface area contributed by atoms with Gasteiger partial charge in [0.25, 0.3) is 0 Å². The van der Waals surface area contributed by atoms with Gasteiger partial charge in [0.2, 0.25) is 0 Å². The standard InChI is InChI=1S/C55H78N8O10.H2/c1-12-44-55(8)49(63(53(67)73-55)25-16-15-24-62-32-43(59-60-62)40-21-17-22-41(56)28-40)36(5)57-30-33(2)29-54(7,68-11)50(34(3)46(64)35(4)51(66)71-44)72-52-47(65)45(61(9)10)48(37(6)70-52)69-26-18-19-38-27-39-20-13-14-23-42(39)58-31-38;/h13-14,17-23,27-28,31-37,44-45,47-50,52,57,65H,12,15-16,24-26,29-30,56H2,1-11H3;1H/b19-18+;/t33-,34+,35-,36-,37-,44-,45?,47?,48-,49-,50-,52+,54-,55-;/m1./s1. The molecule has 3 aliphatic rings. The number of hydrogen-bond donors (Lipinski definition) is 3. The van der Waals surface area contributed by atoms with Crippen LogP contribution in [-0.2, 0) is 44.6 Å². The van der Waals surface area contributed by atoms with Gasteiger partial charge in [0, 0.05) is 56.4 Å². The summed E-state index contributed by atoms with van der Waals surface area (Å²) in [5.74, 6) is -3.41. The molecule has 73 heavy (non-hydrogen) atoms. The second kappa shape index (κ2) is 23.9. The van der Waals surface area contributed by atoms with E-state index in [2.05, 4.69) is 33.6 Å². The fraction of sp³-hybridized carbons (Fsp3) is 0.600. The van der Waals surface area contributed by atoms with Gasteiger partial charge < -0.3 is 49.5 Å². The molecular weight excluding hydrogens is 933 g/mol. The van der Waals surface area contributed by atoms with E-state index in [-0.39, 0.29) is 20.0 Å². The molecule has 0 bridgehead atoms. The summed E-state index contributed by atoms with van der Waals surface area (Å²) in [5.41, 5.74) is 7.69. The fourth-order valence-electron chi connectivity index (χ4n) is 11.3. The van der Waals surface area contributed by atoms with E-state index >= 15 is 0 Å². The summed E-state index contributed by atoms with van der Waals surface area (Å²) in [6.45, 7) is 16.5. The Balaban J connectivity index is 0.00000892. The summed E-state index contributed by atoms with van der Waals surface area (Å²) >= 11 is 0. The first-order valence-electron chi connectivity index (χ1n) is 25.8. The number of para-hydroxylation sites is 1. The molecule has 400 valence electrons. The number of nitrogens with zero attached hydrogens (tertiary/aromatic N) is 6. The number of carbonyl (C=O) groups excluding carboxylic acids is 3. The molecule has 5 heterocycles. The number of nitrogen functional groups attached to an aromatic ring is 1. The fourth-order valence-corrected chi connectivity index (χ4v) is 11.3. The molecular formula is C55H80N8O10. The first kappa shape index (κ1) is 55.4. The number of aliphatic hydroxyl groups is 1. The quantitative estimate of drug-likeness (QED) is 0.0484. The number of nitrogens with two attached hydrogens (primary N) is 1. The number of ketones is 1.